The van der Waals surface area contributed by atoms with Gasteiger partial charge in [-0.05, 0) is 73.7 Å². The maximum absolute atomic E-state index is 13.4. The van der Waals surface area contributed by atoms with E-state index in [1.165, 1.54) is 4.31 Å². The molecule has 0 unspecified atom stereocenters. The second-order valence-corrected chi connectivity index (χ2v) is 9.71. The van der Waals surface area contributed by atoms with Crippen LogP contribution in [0.4, 0.5) is 5.69 Å². The van der Waals surface area contributed by atoms with Crippen molar-refractivity contribution in [1.29, 1.82) is 0 Å². The molecule has 0 fully saturated rings. The molecule has 0 spiro atoms. The third-order valence-electron chi connectivity index (χ3n) is 5.56. The number of amides is 1. The van der Waals surface area contributed by atoms with E-state index in [-0.39, 0.29) is 17.3 Å². The summed E-state index contributed by atoms with van der Waals surface area (Å²) in [6.45, 7) is 3.94. The summed E-state index contributed by atoms with van der Waals surface area (Å²) in [6, 6.07) is 21.5. The number of carbonyl (C=O) groups excluding carboxylic acids is 1. The molecule has 7 heteroatoms. The number of nitrogens with zero attached hydrogens (tertiary/aromatic N) is 1. The largest absolute Gasteiger partial charge is 0.497 e. The van der Waals surface area contributed by atoms with Gasteiger partial charge in [0.1, 0.15) is 12.3 Å². The van der Waals surface area contributed by atoms with E-state index in [1.807, 2.05) is 44.2 Å². The van der Waals surface area contributed by atoms with Crippen LogP contribution in [0.2, 0.25) is 0 Å². The van der Waals surface area contributed by atoms with E-state index in [0.717, 1.165) is 35.3 Å². The Balaban J connectivity index is 1.72. The van der Waals surface area contributed by atoms with Crippen LogP contribution >= 0.6 is 0 Å². The van der Waals surface area contributed by atoms with Crippen molar-refractivity contribution >= 4 is 21.6 Å². The van der Waals surface area contributed by atoms with E-state index in [9.17, 15) is 13.2 Å². The number of hydrogen-bond acceptors (Lipinski definition) is 4. The number of benzene rings is 3. The van der Waals surface area contributed by atoms with Gasteiger partial charge in [0.05, 0.1) is 17.7 Å². The number of ether oxygens (including phenoxy) is 1. The topological polar surface area (TPSA) is 75.7 Å². The summed E-state index contributed by atoms with van der Waals surface area (Å²) >= 11 is 0. The van der Waals surface area contributed by atoms with Crippen molar-refractivity contribution in [2.24, 2.45) is 0 Å². The molecular formula is C26H30N2O4S. The van der Waals surface area contributed by atoms with E-state index in [1.54, 1.807) is 49.6 Å². The van der Waals surface area contributed by atoms with Gasteiger partial charge in [-0.15, -0.1) is 0 Å². The molecule has 0 saturated carbocycles. The lowest BCUT2D eigenvalue weighted by molar-refractivity contribution is -0.119. The zero-order valence-electron chi connectivity index (χ0n) is 19.2. The highest BCUT2D eigenvalue weighted by atomic mass is 32.2. The van der Waals surface area contributed by atoms with Crippen molar-refractivity contribution in [1.82, 2.24) is 5.32 Å². The molecule has 0 atom stereocenters. The van der Waals surface area contributed by atoms with Crippen molar-refractivity contribution in [3.05, 3.63) is 89.5 Å². The predicted molar refractivity (Wildman–Crippen MR) is 131 cm³/mol. The first kappa shape index (κ1) is 24.3. The molecular weight excluding hydrogens is 436 g/mol. The van der Waals surface area contributed by atoms with Crippen LogP contribution in [0, 0.1) is 13.8 Å². The molecule has 1 amide bonds. The lowest BCUT2D eigenvalue weighted by atomic mass is 10.1. The fraction of sp³-hybridized carbons (Fsp3) is 0.269. The molecule has 3 rings (SSSR count). The number of nitrogens with one attached hydrogen (secondary N) is 1. The van der Waals surface area contributed by atoms with Crippen LogP contribution in [-0.2, 0) is 21.2 Å². The van der Waals surface area contributed by atoms with Crippen LogP contribution in [0.5, 0.6) is 5.75 Å². The Kier molecular flexibility index (Phi) is 8.11. The lowest BCUT2D eigenvalue weighted by Gasteiger charge is -2.26. The highest BCUT2D eigenvalue weighted by Gasteiger charge is 2.28. The number of carbonyl (C=O) groups is 1. The van der Waals surface area contributed by atoms with Crippen LogP contribution in [-0.4, -0.2) is 34.5 Å². The summed E-state index contributed by atoms with van der Waals surface area (Å²) in [5, 5.41) is 2.86. The van der Waals surface area contributed by atoms with Crippen LogP contribution in [0.25, 0.3) is 0 Å². The molecule has 0 radical (unpaired) electrons. The summed E-state index contributed by atoms with van der Waals surface area (Å²) in [5.74, 6) is 0.452. The van der Waals surface area contributed by atoms with E-state index < -0.39 is 10.0 Å². The minimum absolute atomic E-state index is 0.150. The second-order valence-electron chi connectivity index (χ2n) is 7.85. The Hall–Kier alpha value is -3.32. The molecule has 0 aliphatic carbocycles. The van der Waals surface area contributed by atoms with Crippen molar-refractivity contribution < 1.29 is 17.9 Å². The predicted octanol–water partition coefficient (Wildman–Crippen LogP) is 4.26. The first-order valence-electron chi connectivity index (χ1n) is 10.9. The van der Waals surface area contributed by atoms with Crippen LogP contribution in [0.3, 0.4) is 0 Å². The summed E-state index contributed by atoms with van der Waals surface area (Å²) in [6.07, 6.45) is 1.51. The van der Waals surface area contributed by atoms with Crippen LogP contribution < -0.4 is 14.4 Å². The van der Waals surface area contributed by atoms with Gasteiger partial charge in [-0.1, -0.05) is 42.5 Å². The minimum Gasteiger partial charge on any atom is -0.497 e. The van der Waals surface area contributed by atoms with Crippen molar-refractivity contribution in [2.45, 2.75) is 31.6 Å². The van der Waals surface area contributed by atoms with Crippen LogP contribution in [0.1, 0.15) is 23.1 Å². The summed E-state index contributed by atoms with van der Waals surface area (Å²) < 4.78 is 33.3. The molecule has 0 saturated heterocycles. The molecule has 0 aliphatic heterocycles. The monoisotopic (exact) mass is 466 g/mol. The fourth-order valence-electron chi connectivity index (χ4n) is 3.56. The van der Waals surface area contributed by atoms with Crippen molar-refractivity contribution in [3.8, 4) is 5.75 Å². The highest BCUT2D eigenvalue weighted by molar-refractivity contribution is 7.92. The van der Waals surface area contributed by atoms with Crippen LogP contribution in [0.15, 0.2) is 77.7 Å². The first-order valence-corrected chi connectivity index (χ1v) is 12.3. The molecule has 3 aromatic rings. The lowest BCUT2D eigenvalue weighted by Crippen LogP contribution is -2.41. The average Bonchev–Trinajstić information content (AvgIpc) is 2.83. The summed E-state index contributed by atoms with van der Waals surface area (Å²) in [7, 11) is -2.28. The van der Waals surface area contributed by atoms with E-state index in [0.29, 0.717) is 12.2 Å². The Labute approximate surface area is 196 Å². The SMILES string of the molecule is COc1cccc(CCCNC(=O)CN(c2cccc(C)c2C)S(=O)(=O)c2ccccc2)c1. The van der Waals surface area contributed by atoms with Gasteiger partial charge in [0, 0.05) is 6.54 Å². The second kappa shape index (κ2) is 11.0. The Bertz CT molecular complexity index is 1190. The number of aryl methyl sites for hydroxylation is 2. The Morgan fingerprint density at radius 1 is 0.970 bits per heavy atom. The molecule has 3 aromatic carbocycles. The van der Waals surface area contributed by atoms with E-state index >= 15 is 0 Å². The van der Waals surface area contributed by atoms with Gasteiger partial charge in [-0.25, -0.2) is 8.42 Å². The maximum Gasteiger partial charge on any atom is 0.264 e. The van der Waals surface area contributed by atoms with Crippen molar-refractivity contribution in [3.63, 3.8) is 0 Å². The number of sulfonamides is 1. The van der Waals surface area contributed by atoms with Gasteiger partial charge in [0.15, 0.2) is 0 Å². The average molecular weight is 467 g/mol. The third-order valence-corrected chi connectivity index (χ3v) is 7.34. The summed E-state index contributed by atoms with van der Waals surface area (Å²) in [5.41, 5.74) is 3.40. The molecule has 174 valence electrons. The molecule has 6 nitrogen and oxygen atoms in total. The number of hydrogen-bond donors (Lipinski definition) is 1. The van der Waals surface area contributed by atoms with Gasteiger partial charge in [-0.2, -0.15) is 0 Å². The zero-order valence-corrected chi connectivity index (χ0v) is 20.1. The quantitative estimate of drug-likeness (QED) is 0.453. The Morgan fingerprint density at radius 3 is 2.42 bits per heavy atom. The van der Waals surface area contributed by atoms with Gasteiger partial charge in [-0.3, -0.25) is 9.10 Å². The van der Waals surface area contributed by atoms with Gasteiger partial charge < -0.3 is 10.1 Å². The standard InChI is InChI=1S/C26H30N2O4S/c1-20-10-7-16-25(21(20)2)28(33(30,31)24-14-5-4-6-15-24)19-26(29)27-17-9-12-22-11-8-13-23(18-22)32-3/h4-8,10-11,13-16,18H,9,12,17,19H2,1-3H3,(H,27,29). The van der Waals surface area contributed by atoms with Crippen molar-refractivity contribution in [2.75, 3.05) is 24.5 Å². The van der Waals surface area contributed by atoms with E-state index in [2.05, 4.69) is 5.32 Å². The molecule has 0 aromatic heterocycles. The number of anilines is 1. The van der Waals surface area contributed by atoms with Gasteiger partial charge in [0.2, 0.25) is 5.91 Å². The molecule has 1 N–H and O–H groups in total. The van der Waals surface area contributed by atoms with Gasteiger partial charge >= 0.3 is 0 Å². The zero-order chi connectivity index (χ0) is 23.8. The maximum atomic E-state index is 13.4. The Morgan fingerprint density at radius 2 is 1.70 bits per heavy atom. The smallest absolute Gasteiger partial charge is 0.264 e. The number of methoxy groups -OCH3 is 1. The first-order chi connectivity index (χ1) is 15.8. The fourth-order valence-corrected chi connectivity index (χ4v) is 5.06. The van der Waals surface area contributed by atoms with E-state index in [4.69, 9.17) is 4.74 Å². The minimum atomic E-state index is -3.91. The molecule has 0 heterocycles. The molecule has 0 bridgehead atoms. The highest BCUT2D eigenvalue weighted by Crippen LogP contribution is 2.28. The van der Waals surface area contributed by atoms with Gasteiger partial charge in [0.25, 0.3) is 10.0 Å². The molecule has 33 heavy (non-hydrogen) atoms. The third kappa shape index (κ3) is 6.14. The number of rotatable bonds is 10. The summed E-state index contributed by atoms with van der Waals surface area (Å²) in [4.78, 5) is 12.9. The normalized spacial score (nSPS) is 11.1. The molecule has 0 aliphatic rings.